The third-order valence-electron chi connectivity index (χ3n) is 2.47. The average molecular weight is 237 g/mol. The molecule has 0 radical (unpaired) electrons. The minimum absolute atomic E-state index is 0.529. The van der Waals surface area contributed by atoms with Gasteiger partial charge in [0.1, 0.15) is 6.10 Å². The Labute approximate surface area is 102 Å². The van der Waals surface area contributed by atoms with Crippen LogP contribution in [0.3, 0.4) is 0 Å². The van der Waals surface area contributed by atoms with Gasteiger partial charge in [0, 0.05) is 10.6 Å². The van der Waals surface area contributed by atoms with E-state index in [0.717, 1.165) is 35.4 Å². The Balaban J connectivity index is 2.72. The molecule has 2 heteroatoms. The van der Waals surface area contributed by atoms with E-state index in [0.29, 0.717) is 0 Å². The molecule has 0 amide bonds. The first-order valence-corrected chi connectivity index (χ1v) is 5.97. The maximum absolute atomic E-state index is 9.60. The molecule has 0 bridgehead atoms. The Bertz CT molecular complexity index is 401. The predicted octanol–water partition coefficient (Wildman–Crippen LogP) is 3.55. The molecule has 16 heavy (non-hydrogen) atoms. The zero-order valence-corrected chi connectivity index (χ0v) is 10.5. The number of unbranched alkanes of at least 4 members (excludes halogenated alkanes) is 1. The van der Waals surface area contributed by atoms with Gasteiger partial charge < -0.3 is 5.11 Å². The lowest BCUT2D eigenvalue weighted by Gasteiger charge is -2.02. The maximum atomic E-state index is 9.60. The fraction of sp³-hybridized carbons (Fsp3) is 0.429. The molecule has 1 aromatic rings. The van der Waals surface area contributed by atoms with Crippen molar-refractivity contribution >= 4 is 11.6 Å². The summed E-state index contributed by atoms with van der Waals surface area (Å²) in [6, 6.07) is 5.63. The smallest absolute Gasteiger partial charge is 0.115 e. The van der Waals surface area contributed by atoms with Gasteiger partial charge in [0.05, 0.1) is 0 Å². The molecular formula is C14H17ClO. The quantitative estimate of drug-likeness (QED) is 0.796. The molecule has 0 fully saturated rings. The number of benzene rings is 1. The number of halogens is 1. The van der Waals surface area contributed by atoms with Crippen LogP contribution in [0.2, 0.25) is 5.02 Å². The molecule has 86 valence electrons. The van der Waals surface area contributed by atoms with Crippen LogP contribution in [-0.2, 0) is 0 Å². The highest BCUT2D eigenvalue weighted by molar-refractivity contribution is 6.31. The van der Waals surface area contributed by atoms with Crippen molar-refractivity contribution in [1.29, 1.82) is 0 Å². The minimum Gasteiger partial charge on any atom is -0.380 e. The van der Waals surface area contributed by atoms with Crippen molar-refractivity contribution in [2.45, 2.75) is 39.2 Å². The van der Waals surface area contributed by atoms with Gasteiger partial charge in [-0.2, -0.15) is 0 Å². The molecule has 1 unspecified atom stereocenters. The van der Waals surface area contributed by atoms with Crippen molar-refractivity contribution < 1.29 is 5.11 Å². The molecule has 1 nitrogen and oxygen atoms in total. The van der Waals surface area contributed by atoms with E-state index < -0.39 is 6.10 Å². The first kappa shape index (κ1) is 13.1. The van der Waals surface area contributed by atoms with Crippen LogP contribution in [0.4, 0.5) is 0 Å². The second-order valence-electron chi connectivity index (χ2n) is 3.84. The summed E-state index contributed by atoms with van der Waals surface area (Å²) >= 11 is 5.98. The first-order valence-electron chi connectivity index (χ1n) is 5.60. The average Bonchev–Trinajstić information content (AvgIpc) is 2.28. The Morgan fingerprint density at radius 3 is 2.88 bits per heavy atom. The Morgan fingerprint density at radius 1 is 1.44 bits per heavy atom. The van der Waals surface area contributed by atoms with Gasteiger partial charge in [-0.25, -0.2) is 0 Å². The number of aliphatic hydroxyl groups is 1. The summed E-state index contributed by atoms with van der Waals surface area (Å²) in [7, 11) is 0. The van der Waals surface area contributed by atoms with E-state index in [9.17, 15) is 5.11 Å². The van der Waals surface area contributed by atoms with Crippen LogP contribution in [0, 0.1) is 18.8 Å². The molecule has 1 atom stereocenters. The summed E-state index contributed by atoms with van der Waals surface area (Å²) < 4.78 is 0. The standard InChI is InChI=1S/C14H17ClO/c1-3-4-7-13(16)10-9-12-6-5-8-14(15)11(12)2/h5-6,8,13,16H,3-4,7H2,1-2H3. The lowest BCUT2D eigenvalue weighted by atomic mass is 10.1. The SMILES string of the molecule is CCCCC(O)C#Cc1cccc(Cl)c1C. The Hall–Kier alpha value is -0.970. The number of rotatable bonds is 3. The highest BCUT2D eigenvalue weighted by Crippen LogP contribution is 2.17. The van der Waals surface area contributed by atoms with Crippen molar-refractivity contribution in [3.05, 3.63) is 34.3 Å². The predicted molar refractivity (Wildman–Crippen MR) is 68.6 cm³/mol. The summed E-state index contributed by atoms with van der Waals surface area (Å²) in [5.41, 5.74) is 1.86. The summed E-state index contributed by atoms with van der Waals surface area (Å²) in [6.45, 7) is 4.03. The first-order chi connectivity index (χ1) is 7.65. The lowest BCUT2D eigenvalue weighted by Crippen LogP contribution is -2.02. The normalized spacial score (nSPS) is 11.8. The zero-order valence-electron chi connectivity index (χ0n) is 9.76. The lowest BCUT2D eigenvalue weighted by molar-refractivity contribution is 0.218. The molecule has 1 rings (SSSR count). The van der Waals surface area contributed by atoms with Crippen LogP contribution in [0.1, 0.15) is 37.3 Å². The fourth-order valence-electron chi connectivity index (χ4n) is 1.37. The van der Waals surface area contributed by atoms with Gasteiger partial charge in [0.15, 0.2) is 0 Å². The molecule has 1 aromatic carbocycles. The van der Waals surface area contributed by atoms with E-state index in [2.05, 4.69) is 18.8 Å². The molecule has 0 spiro atoms. The van der Waals surface area contributed by atoms with E-state index in [1.807, 2.05) is 25.1 Å². The van der Waals surface area contributed by atoms with E-state index in [1.54, 1.807) is 0 Å². The van der Waals surface area contributed by atoms with E-state index in [-0.39, 0.29) is 0 Å². The molecule has 0 aliphatic rings. The summed E-state index contributed by atoms with van der Waals surface area (Å²) in [5, 5.41) is 10.3. The van der Waals surface area contributed by atoms with Crippen LogP contribution >= 0.6 is 11.6 Å². The minimum atomic E-state index is -0.529. The van der Waals surface area contributed by atoms with Crippen molar-refractivity contribution in [2.24, 2.45) is 0 Å². The van der Waals surface area contributed by atoms with Crippen molar-refractivity contribution in [1.82, 2.24) is 0 Å². The molecule has 0 aliphatic heterocycles. The molecule has 0 saturated heterocycles. The fourth-order valence-corrected chi connectivity index (χ4v) is 1.55. The van der Waals surface area contributed by atoms with Gasteiger partial charge >= 0.3 is 0 Å². The summed E-state index contributed by atoms with van der Waals surface area (Å²) in [5.74, 6) is 5.83. The van der Waals surface area contributed by atoms with E-state index >= 15 is 0 Å². The van der Waals surface area contributed by atoms with Gasteiger partial charge in [-0.05, 0) is 31.0 Å². The highest BCUT2D eigenvalue weighted by atomic mass is 35.5. The molecular weight excluding hydrogens is 220 g/mol. The zero-order chi connectivity index (χ0) is 12.0. The van der Waals surface area contributed by atoms with Gasteiger partial charge in [-0.3, -0.25) is 0 Å². The van der Waals surface area contributed by atoms with Crippen LogP contribution in [0.25, 0.3) is 0 Å². The molecule has 0 aliphatic carbocycles. The molecule has 0 saturated carbocycles. The summed E-state index contributed by atoms with van der Waals surface area (Å²) in [4.78, 5) is 0. The van der Waals surface area contributed by atoms with Crippen molar-refractivity contribution in [2.75, 3.05) is 0 Å². The topological polar surface area (TPSA) is 20.2 Å². The van der Waals surface area contributed by atoms with Crippen molar-refractivity contribution in [3.8, 4) is 11.8 Å². The van der Waals surface area contributed by atoms with Crippen LogP contribution in [0.15, 0.2) is 18.2 Å². The second kappa shape index (κ2) is 6.58. The number of hydrogen-bond donors (Lipinski definition) is 1. The van der Waals surface area contributed by atoms with Crippen molar-refractivity contribution in [3.63, 3.8) is 0 Å². The van der Waals surface area contributed by atoms with Gasteiger partial charge in [-0.15, -0.1) is 0 Å². The van der Waals surface area contributed by atoms with Gasteiger partial charge in [0.25, 0.3) is 0 Å². The van der Waals surface area contributed by atoms with Crippen LogP contribution < -0.4 is 0 Å². The molecule has 0 heterocycles. The number of hydrogen-bond acceptors (Lipinski definition) is 1. The highest BCUT2D eigenvalue weighted by Gasteiger charge is 2.00. The van der Waals surface area contributed by atoms with E-state index in [4.69, 9.17) is 11.6 Å². The Morgan fingerprint density at radius 2 is 2.19 bits per heavy atom. The Kier molecular flexibility index (Phi) is 5.38. The third-order valence-corrected chi connectivity index (χ3v) is 2.88. The van der Waals surface area contributed by atoms with E-state index in [1.165, 1.54) is 0 Å². The second-order valence-corrected chi connectivity index (χ2v) is 4.25. The molecule has 0 aromatic heterocycles. The maximum Gasteiger partial charge on any atom is 0.115 e. The number of aliphatic hydroxyl groups excluding tert-OH is 1. The van der Waals surface area contributed by atoms with Crippen LogP contribution in [0.5, 0.6) is 0 Å². The monoisotopic (exact) mass is 236 g/mol. The van der Waals surface area contributed by atoms with Gasteiger partial charge in [-0.1, -0.05) is 49.3 Å². The van der Waals surface area contributed by atoms with Crippen LogP contribution in [-0.4, -0.2) is 11.2 Å². The molecule has 1 N–H and O–H groups in total. The summed E-state index contributed by atoms with van der Waals surface area (Å²) in [6.07, 6.45) is 2.29. The third kappa shape index (κ3) is 3.89. The largest absolute Gasteiger partial charge is 0.380 e. The van der Waals surface area contributed by atoms with Gasteiger partial charge in [0.2, 0.25) is 0 Å².